The van der Waals surface area contributed by atoms with E-state index in [1.54, 1.807) is 6.21 Å². The number of hydrogen-bond acceptors (Lipinski definition) is 3. The van der Waals surface area contributed by atoms with E-state index in [2.05, 4.69) is 52.4 Å². The Hall–Kier alpha value is -2.92. The first kappa shape index (κ1) is 20.8. The summed E-state index contributed by atoms with van der Waals surface area (Å²) in [6.45, 7) is 4.15. The quantitative estimate of drug-likeness (QED) is 0.366. The molecule has 0 aromatic heterocycles. The fourth-order valence-corrected chi connectivity index (χ4v) is 3.25. The molecule has 1 N–H and O–H groups in total. The lowest BCUT2D eigenvalue weighted by atomic mass is 10.0. The molecule has 0 aliphatic rings. The summed E-state index contributed by atoms with van der Waals surface area (Å²) in [5, 5.41) is 4.00. The van der Waals surface area contributed by atoms with E-state index in [4.69, 9.17) is 4.74 Å². The third-order valence-electron chi connectivity index (χ3n) is 4.40. The van der Waals surface area contributed by atoms with Gasteiger partial charge < -0.3 is 4.74 Å². The molecule has 3 aromatic carbocycles. The predicted octanol–water partition coefficient (Wildman–Crippen LogP) is 5.77. The molecule has 0 fully saturated rings. The number of carbonyl (C=O) groups excluding carboxylic acids is 1. The Morgan fingerprint density at radius 3 is 2.38 bits per heavy atom. The van der Waals surface area contributed by atoms with E-state index >= 15 is 0 Å². The topological polar surface area (TPSA) is 50.7 Å². The second kappa shape index (κ2) is 10.0. The van der Waals surface area contributed by atoms with Crippen molar-refractivity contribution < 1.29 is 9.53 Å². The van der Waals surface area contributed by atoms with Crippen molar-refractivity contribution in [1.29, 1.82) is 0 Å². The minimum absolute atomic E-state index is 0.107. The maximum absolute atomic E-state index is 12.0. The van der Waals surface area contributed by atoms with Crippen LogP contribution in [0.25, 0.3) is 11.1 Å². The lowest BCUT2D eigenvalue weighted by Gasteiger charge is -2.10. The highest BCUT2D eigenvalue weighted by molar-refractivity contribution is 9.10. The average Bonchev–Trinajstić information content (AvgIpc) is 2.74. The summed E-state index contributed by atoms with van der Waals surface area (Å²) >= 11 is 3.49. The van der Waals surface area contributed by atoms with Crippen LogP contribution in [0.5, 0.6) is 5.75 Å². The molecule has 0 aliphatic heterocycles. The molecule has 0 bridgehead atoms. The number of rotatable bonds is 7. The van der Waals surface area contributed by atoms with Gasteiger partial charge in [-0.3, -0.25) is 4.79 Å². The first-order valence-corrected chi connectivity index (χ1v) is 10.2. The Kier molecular flexibility index (Phi) is 7.19. The molecular weight excluding hydrogens is 428 g/mol. The van der Waals surface area contributed by atoms with Crippen molar-refractivity contribution in [2.45, 2.75) is 19.8 Å². The van der Waals surface area contributed by atoms with Crippen LogP contribution < -0.4 is 10.2 Å². The van der Waals surface area contributed by atoms with E-state index in [1.807, 2.05) is 60.7 Å². The Balaban J connectivity index is 1.50. The van der Waals surface area contributed by atoms with Gasteiger partial charge in [0.2, 0.25) is 0 Å². The molecule has 0 saturated heterocycles. The number of carbonyl (C=O) groups is 1. The largest absolute Gasteiger partial charge is 0.483 e. The summed E-state index contributed by atoms with van der Waals surface area (Å²) in [5.74, 6) is 0.742. The van der Waals surface area contributed by atoms with Crippen LogP contribution in [-0.4, -0.2) is 18.7 Å². The van der Waals surface area contributed by atoms with Crippen LogP contribution in [0.4, 0.5) is 0 Å². The molecule has 3 aromatic rings. The van der Waals surface area contributed by atoms with E-state index in [-0.39, 0.29) is 12.5 Å². The van der Waals surface area contributed by atoms with E-state index in [1.165, 1.54) is 5.56 Å². The van der Waals surface area contributed by atoms with Crippen LogP contribution in [0.15, 0.2) is 82.4 Å². The van der Waals surface area contributed by atoms with Gasteiger partial charge in [-0.2, -0.15) is 5.10 Å². The lowest BCUT2D eigenvalue weighted by Crippen LogP contribution is -2.24. The zero-order valence-electron chi connectivity index (χ0n) is 16.4. The van der Waals surface area contributed by atoms with Gasteiger partial charge in [0.25, 0.3) is 5.91 Å². The minimum atomic E-state index is -0.318. The molecule has 5 heteroatoms. The zero-order chi connectivity index (χ0) is 20.6. The van der Waals surface area contributed by atoms with Crippen molar-refractivity contribution >= 4 is 28.1 Å². The number of hydrazone groups is 1. The summed E-state index contributed by atoms with van der Waals surface area (Å²) in [4.78, 5) is 12.0. The summed E-state index contributed by atoms with van der Waals surface area (Å²) in [6.07, 6.45) is 1.61. The van der Waals surface area contributed by atoms with Gasteiger partial charge in [0.05, 0.1) is 10.7 Å². The molecule has 0 aliphatic carbocycles. The van der Waals surface area contributed by atoms with Crippen LogP contribution in [0.3, 0.4) is 0 Å². The number of hydrogen-bond donors (Lipinski definition) is 1. The fraction of sp³-hybridized carbons (Fsp3) is 0.167. The molecule has 1 amide bonds. The van der Waals surface area contributed by atoms with Gasteiger partial charge in [0.1, 0.15) is 5.75 Å². The van der Waals surface area contributed by atoms with Crippen molar-refractivity contribution in [3.63, 3.8) is 0 Å². The fourth-order valence-electron chi connectivity index (χ4n) is 2.74. The summed E-state index contributed by atoms with van der Waals surface area (Å²) in [6, 6.07) is 24.0. The number of amides is 1. The van der Waals surface area contributed by atoms with E-state index in [0.717, 1.165) is 21.2 Å². The molecule has 148 valence electrons. The van der Waals surface area contributed by atoms with Crippen LogP contribution in [0.2, 0.25) is 0 Å². The van der Waals surface area contributed by atoms with E-state index < -0.39 is 0 Å². The Morgan fingerprint density at radius 1 is 1.03 bits per heavy atom. The third kappa shape index (κ3) is 6.03. The summed E-state index contributed by atoms with van der Waals surface area (Å²) < 4.78 is 6.40. The second-order valence-electron chi connectivity index (χ2n) is 6.91. The highest BCUT2D eigenvalue weighted by Gasteiger charge is 2.07. The van der Waals surface area contributed by atoms with Gasteiger partial charge in [0, 0.05) is 0 Å². The standard InChI is InChI=1S/C24H23BrN2O2/c1-17(2)21-12-13-23(22(25)14-21)29-16-24(28)27-26-15-18-8-10-20(11-9-18)19-6-4-3-5-7-19/h3-15,17H,16H2,1-2H3,(H,27,28)/b26-15+. The maximum atomic E-state index is 12.0. The van der Waals surface area contributed by atoms with Crippen molar-refractivity contribution in [2.24, 2.45) is 5.10 Å². The monoisotopic (exact) mass is 450 g/mol. The highest BCUT2D eigenvalue weighted by atomic mass is 79.9. The molecule has 0 heterocycles. The number of ether oxygens (including phenoxy) is 1. The smallest absolute Gasteiger partial charge is 0.277 e. The molecular formula is C24H23BrN2O2. The minimum Gasteiger partial charge on any atom is -0.483 e. The summed E-state index contributed by atoms with van der Waals surface area (Å²) in [7, 11) is 0. The predicted molar refractivity (Wildman–Crippen MR) is 121 cm³/mol. The first-order valence-electron chi connectivity index (χ1n) is 9.42. The zero-order valence-corrected chi connectivity index (χ0v) is 18.0. The van der Waals surface area contributed by atoms with Crippen LogP contribution >= 0.6 is 15.9 Å². The van der Waals surface area contributed by atoms with Gasteiger partial charge in [-0.05, 0) is 56.2 Å². The molecule has 29 heavy (non-hydrogen) atoms. The average molecular weight is 451 g/mol. The first-order chi connectivity index (χ1) is 14.0. The van der Waals surface area contributed by atoms with Gasteiger partial charge in [0.15, 0.2) is 6.61 Å². The lowest BCUT2D eigenvalue weighted by molar-refractivity contribution is -0.123. The van der Waals surface area contributed by atoms with Gasteiger partial charge >= 0.3 is 0 Å². The molecule has 4 nitrogen and oxygen atoms in total. The molecule has 0 atom stereocenters. The third-order valence-corrected chi connectivity index (χ3v) is 5.02. The normalized spacial score (nSPS) is 11.0. The summed E-state index contributed by atoms with van der Waals surface area (Å²) in [5.41, 5.74) is 6.89. The molecule has 0 spiro atoms. The second-order valence-corrected chi connectivity index (χ2v) is 7.77. The number of nitrogens with zero attached hydrogens (tertiary/aromatic N) is 1. The Bertz CT molecular complexity index is 984. The molecule has 0 unspecified atom stereocenters. The van der Waals surface area contributed by atoms with Gasteiger partial charge in [-0.15, -0.1) is 0 Å². The number of benzene rings is 3. The SMILES string of the molecule is CC(C)c1ccc(OCC(=O)N/N=C/c2ccc(-c3ccccc3)cc2)c(Br)c1. The molecule has 3 rings (SSSR count). The Labute approximate surface area is 179 Å². The van der Waals surface area contributed by atoms with Gasteiger partial charge in [-0.25, -0.2) is 5.43 Å². The highest BCUT2D eigenvalue weighted by Crippen LogP contribution is 2.28. The number of halogens is 1. The van der Waals surface area contributed by atoms with Crippen LogP contribution in [0.1, 0.15) is 30.9 Å². The van der Waals surface area contributed by atoms with Gasteiger partial charge in [-0.1, -0.05) is 74.5 Å². The van der Waals surface area contributed by atoms with Crippen molar-refractivity contribution in [3.8, 4) is 16.9 Å². The van der Waals surface area contributed by atoms with Crippen LogP contribution in [0, 0.1) is 0 Å². The molecule has 0 radical (unpaired) electrons. The Morgan fingerprint density at radius 2 is 1.72 bits per heavy atom. The van der Waals surface area contributed by atoms with E-state index in [9.17, 15) is 4.79 Å². The molecule has 0 saturated carbocycles. The number of nitrogens with one attached hydrogen (secondary N) is 1. The van der Waals surface area contributed by atoms with Crippen molar-refractivity contribution in [2.75, 3.05) is 6.61 Å². The van der Waals surface area contributed by atoms with Crippen molar-refractivity contribution in [1.82, 2.24) is 5.43 Å². The van der Waals surface area contributed by atoms with E-state index in [0.29, 0.717) is 11.7 Å². The van der Waals surface area contributed by atoms with Crippen LogP contribution in [-0.2, 0) is 4.79 Å². The maximum Gasteiger partial charge on any atom is 0.277 e. The van der Waals surface area contributed by atoms with Crippen molar-refractivity contribution in [3.05, 3.63) is 88.4 Å².